The molecule has 2 atom stereocenters. The number of carbonyl (C=O) groups excluding carboxylic acids is 2. The van der Waals surface area contributed by atoms with Gasteiger partial charge in [-0.25, -0.2) is 0 Å². The minimum absolute atomic E-state index is 0.00503. The first-order valence-electron chi connectivity index (χ1n) is 11.3. The lowest BCUT2D eigenvalue weighted by Gasteiger charge is -2.36. The van der Waals surface area contributed by atoms with Gasteiger partial charge in [-0.15, -0.1) is 0 Å². The number of piperidine rings is 1. The van der Waals surface area contributed by atoms with Crippen molar-refractivity contribution in [1.82, 2.24) is 20.0 Å². The second-order valence-electron chi connectivity index (χ2n) is 8.81. The van der Waals surface area contributed by atoms with Crippen LogP contribution in [-0.4, -0.2) is 77.3 Å². The summed E-state index contributed by atoms with van der Waals surface area (Å²) in [6.45, 7) is 6.48. The lowest BCUT2D eigenvalue weighted by molar-refractivity contribution is -0.131. The van der Waals surface area contributed by atoms with Gasteiger partial charge in [0, 0.05) is 37.7 Å². The summed E-state index contributed by atoms with van der Waals surface area (Å²) >= 11 is 0. The molecule has 2 amide bonds. The molecule has 8 nitrogen and oxygen atoms in total. The van der Waals surface area contributed by atoms with Gasteiger partial charge in [-0.3, -0.25) is 14.7 Å². The van der Waals surface area contributed by atoms with Crippen molar-refractivity contribution in [3.63, 3.8) is 0 Å². The maximum Gasteiger partial charge on any atom is 0.257 e. The molecule has 3 heterocycles. The highest BCUT2D eigenvalue weighted by molar-refractivity contribution is 5.95. The number of rotatable bonds is 5. The molecule has 1 N–H and O–H groups in total. The highest BCUT2D eigenvalue weighted by Gasteiger charge is 2.32. The number of hydrogen-bond donors (Lipinski definition) is 1. The number of amides is 2. The Morgan fingerprint density at radius 1 is 1.12 bits per heavy atom. The van der Waals surface area contributed by atoms with E-state index in [-0.39, 0.29) is 29.9 Å². The van der Waals surface area contributed by atoms with Crippen molar-refractivity contribution in [3.05, 3.63) is 47.3 Å². The van der Waals surface area contributed by atoms with Gasteiger partial charge in [-0.1, -0.05) is 18.2 Å². The molecule has 1 aromatic heterocycles. The van der Waals surface area contributed by atoms with Crippen LogP contribution in [0.3, 0.4) is 0 Å². The number of morpholine rings is 1. The van der Waals surface area contributed by atoms with Gasteiger partial charge in [0.25, 0.3) is 5.91 Å². The van der Waals surface area contributed by atoms with E-state index in [9.17, 15) is 9.59 Å². The van der Waals surface area contributed by atoms with E-state index in [4.69, 9.17) is 9.47 Å². The van der Waals surface area contributed by atoms with Gasteiger partial charge >= 0.3 is 0 Å². The van der Waals surface area contributed by atoms with Crippen LogP contribution < -0.4 is 4.74 Å². The van der Waals surface area contributed by atoms with Crippen molar-refractivity contribution in [3.8, 4) is 5.75 Å². The van der Waals surface area contributed by atoms with Gasteiger partial charge in [0.1, 0.15) is 5.75 Å². The number of methoxy groups -OCH3 is 1. The Bertz CT molecular complexity index is 941. The van der Waals surface area contributed by atoms with Crippen molar-refractivity contribution >= 4 is 11.8 Å². The van der Waals surface area contributed by atoms with Crippen molar-refractivity contribution in [2.24, 2.45) is 0 Å². The summed E-state index contributed by atoms with van der Waals surface area (Å²) in [5.74, 6) is 1.03. The molecule has 2 aromatic rings. The molecule has 0 unspecified atom stereocenters. The van der Waals surface area contributed by atoms with E-state index < -0.39 is 0 Å². The molecule has 1 aromatic carbocycles. The summed E-state index contributed by atoms with van der Waals surface area (Å²) in [5, 5.41) is 7.25. The number of nitrogens with one attached hydrogen (secondary N) is 1. The first kappa shape index (κ1) is 22.3. The Morgan fingerprint density at radius 3 is 2.50 bits per heavy atom. The predicted octanol–water partition coefficient (Wildman–Crippen LogP) is 2.62. The highest BCUT2D eigenvalue weighted by Crippen LogP contribution is 2.30. The summed E-state index contributed by atoms with van der Waals surface area (Å²) in [6, 6.07) is 7.63. The Hall–Kier alpha value is -2.87. The van der Waals surface area contributed by atoms with E-state index in [0.717, 1.165) is 29.8 Å². The Balaban J connectivity index is 1.37. The van der Waals surface area contributed by atoms with Crippen LogP contribution in [0.2, 0.25) is 0 Å². The van der Waals surface area contributed by atoms with Gasteiger partial charge < -0.3 is 19.3 Å². The predicted molar refractivity (Wildman–Crippen MR) is 120 cm³/mol. The zero-order valence-electron chi connectivity index (χ0n) is 19.0. The minimum Gasteiger partial charge on any atom is -0.496 e. The van der Waals surface area contributed by atoms with Crippen LogP contribution in [0, 0.1) is 0 Å². The van der Waals surface area contributed by atoms with Gasteiger partial charge in [0.15, 0.2) is 0 Å². The molecule has 0 bridgehead atoms. The number of hydrogen-bond acceptors (Lipinski definition) is 5. The van der Waals surface area contributed by atoms with Crippen LogP contribution in [-0.2, 0) is 16.0 Å². The fraction of sp³-hybridized carbons (Fsp3) is 0.542. The van der Waals surface area contributed by atoms with E-state index in [2.05, 4.69) is 10.2 Å². The molecular weight excluding hydrogens is 408 g/mol. The molecule has 2 saturated heterocycles. The van der Waals surface area contributed by atoms with E-state index in [1.54, 1.807) is 13.3 Å². The number of ether oxygens (including phenoxy) is 2. The molecule has 0 saturated carbocycles. The van der Waals surface area contributed by atoms with Crippen LogP contribution in [0.5, 0.6) is 5.75 Å². The lowest BCUT2D eigenvalue weighted by Crippen LogP contribution is -2.48. The number of aromatic nitrogens is 2. The third-order valence-corrected chi connectivity index (χ3v) is 6.40. The molecule has 172 valence electrons. The number of nitrogens with zero attached hydrogens (tertiary/aromatic N) is 3. The molecule has 2 aliphatic rings. The first-order chi connectivity index (χ1) is 15.5. The van der Waals surface area contributed by atoms with Crippen LogP contribution in [0.25, 0.3) is 0 Å². The molecule has 2 aliphatic heterocycles. The molecule has 2 fully saturated rings. The summed E-state index contributed by atoms with van der Waals surface area (Å²) in [7, 11) is 1.62. The second kappa shape index (κ2) is 9.73. The topological polar surface area (TPSA) is 87.8 Å². The smallest absolute Gasteiger partial charge is 0.257 e. The highest BCUT2D eigenvalue weighted by atomic mass is 16.5. The maximum atomic E-state index is 13.2. The third-order valence-electron chi connectivity index (χ3n) is 6.40. The summed E-state index contributed by atoms with van der Waals surface area (Å²) < 4.78 is 11.1. The van der Waals surface area contributed by atoms with Crippen molar-refractivity contribution in [2.45, 2.75) is 51.2 Å². The van der Waals surface area contributed by atoms with E-state index >= 15 is 0 Å². The van der Waals surface area contributed by atoms with Crippen LogP contribution >= 0.6 is 0 Å². The summed E-state index contributed by atoms with van der Waals surface area (Å²) in [4.78, 5) is 29.8. The van der Waals surface area contributed by atoms with Gasteiger partial charge in [0.05, 0.1) is 43.2 Å². The normalized spacial score (nSPS) is 22.1. The summed E-state index contributed by atoms with van der Waals surface area (Å²) in [6.07, 6.45) is 3.62. The maximum absolute atomic E-state index is 13.2. The largest absolute Gasteiger partial charge is 0.496 e. The zero-order chi connectivity index (χ0) is 22.7. The number of benzene rings is 1. The fourth-order valence-corrected chi connectivity index (χ4v) is 4.83. The number of para-hydroxylation sites is 1. The number of H-pyrrole nitrogens is 1. The van der Waals surface area contributed by atoms with Crippen molar-refractivity contribution in [2.75, 3.05) is 33.3 Å². The zero-order valence-corrected chi connectivity index (χ0v) is 19.0. The van der Waals surface area contributed by atoms with Gasteiger partial charge in [-0.2, -0.15) is 5.10 Å². The standard InChI is InChI=1S/C24H32N4O4/c1-16-14-28(15-17(2)32-16)24(30)20-13-25-26-23(20)18-8-10-27(11-9-18)22(29)12-19-6-4-5-7-21(19)31-3/h4-7,13,16-18H,8-12,14-15H2,1-3H3,(H,25,26)/t16-,17-/m1/s1. The minimum atomic E-state index is 0.00503. The fourth-order valence-electron chi connectivity index (χ4n) is 4.83. The molecule has 4 rings (SSSR count). The van der Waals surface area contributed by atoms with Crippen LogP contribution in [0.1, 0.15) is 54.2 Å². The quantitative estimate of drug-likeness (QED) is 0.772. The Kier molecular flexibility index (Phi) is 6.79. The van der Waals surface area contributed by atoms with Crippen molar-refractivity contribution in [1.29, 1.82) is 0 Å². The van der Waals surface area contributed by atoms with Gasteiger partial charge in [-0.05, 0) is 32.8 Å². The van der Waals surface area contributed by atoms with Crippen LogP contribution in [0.15, 0.2) is 30.5 Å². The number of likely N-dealkylation sites (tertiary alicyclic amines) is 1. The first-order valence-corrected chi connectivity index (χ1v) is 11.3. The van der Waals surface area contributed by atoms with Crippen molar-refractivity contribution < 1.29 is 19.1 Å². The van der Waals surface area contributed by atoms with Crippen LogP contribution in [0.4, 0.5) is 0 Å². The Morgan fingerprint density at radius 2 is 1.81 bits per heavy atom. The lowest BCUT2D eigenvalue weighted by atomic mass is 9.90. The number of aromatic amines is 1. The third kappa shape index (κ3) is 4.80. The molecule has 0 spiro atoms. The van der Waals surface area contributed by atoms with E-state index in [0.29, 0.717) is 38.2 Å². The monoisotopic (exact) mass is 440 g/mol. The molecule has 0 radical (unpaired) electrons. The molecule has 8 heteroatoms. The molecule has 32 heavy (non-hydrogen) atoms. The van der Waals surface area contributed by atoms with E-state index in [1.807, 2.05) is 47.9 Å². The Labute approximate surface area is 188 Å². The number of carbonyl (C=O) groups is 2. The average molecular weight is 441 g/mol. The molecule has 0 aliphatic carbocycles. The second-order valence-corrected chi connectivity index (χ2v) is 8.81. The molecular formula is C24H32N4O4. The summed E-state index contributed by atoms with van der Waals surface area (Å²) in [5.41, 5.74) is 2.43. The van der Waals surface area contributed by atoms with Gasteiger partial charge in [0.2, 0.25) is 5.91 Å². The van der Waals surface area contributed by atoms with E-state index in [1.165, 1.54) is 0 Å². The SMILES string of the molecule is COc1ccccc1CC(=O)N1CCC(c2[nH]ncc2C(=O)N2C[C@@H](C)O[C@H](C)C2)CC1. The average Bonchev–Trinajstić information content (AvgIpc) is 3.28.